The fourth-order valence-electron chi connectivity index (χ4n) is 1.21. The smallest absolute Gasteiger partial charge is 0.436 e. The third-order valence-corrected chi connectivity index (χ3v) is 4.98. The maximum Gasteiger partial charge on any atom is 0.500 e. The predicted octanol–water partition coefficient (Wildman–Crippen LogP) is 0.614. The van der Waals surface area contributed by atoms with Crippen LogP contribution < -0.4 is 5.32 Å². The van der Waals surface area contributed by atoms with Gasteiger partial charge < -0.3 is 23.3 Å². The number of nitrogens with one attached hydrogen (secondary N) is 1. The molecule has 0 aliphatic rings. The van der Waals surface area contributed by atoms with E-state index in [-0.39, 0.29) is 6.61 Å². The van der Waals surface area contributed by atoms with E-state index in [9.17, 15) is 4.79 Å². The second-order valence-corrected chi connectivity index (χ2v) is 6.20. The van der Waals surface area contributed by atoms with Crippen molar-refractivity contribution in [2.75, 3.05) is 34.5 Å². The number of ether oxygens (including phenoxy) is 1. The Kier molecular flexibility index (Phi) is 8.44. The largest absolute Gasteiger partial charge is 0.500 e. The number of hydrogen-bond acceptors (Lipinski definition) is 5. The van der Waals surface area contributed by atoms with E-state index >= 15 is 0 Å². The highest BCUT2D eigenvalue weighted by Gasteiger charge is 2.36. The fourth-order valence-corrected chi connectivity index (χ4v) is 2.93. The van der Waals surface area contributed by atoms with Crippen molar-refractivity contribution < 1.29 is 22.8 Å². The molecule has 0 rings (SSSR count). The van der Waals surface area contributed by atoms with Crippen molar-refractivity contribution in [2.45, 2.75) is 12.5 Å². The number of terminal acetylenes is 1. The minimum atomic E-state index is -2.54. The molecule has 1 amide bonds. The van der Waals surface area contributed by atoms with Gasteiger partial charge in [0.1, 0.15) is 0 Å². The molecule has 0 bridgehead atoms. The molecule has 0 heterocycles. The number of carbonyl (C=O) groups is 1. The van der Waals surface area contributed by atoms with Gasteiger partial charge in [-0.25, -0.2) is 4.79 Å². The molecule has 0 aromatic rings. The first-order valence-electron chi connectivity index (χ1n) is 5.13. The Morgan fingerprint density at radius 3 is 2.35 bits per heavy atom. The average molecular weight is 261 g/mol. The summed E-state index contributed by atoms with van der Waals surface area (Å²) in [7, 11) is 2.11. The molecular formula is C10H19NO5Si. The van der Waals surface area contributed by atoms with Crippen LogP contribution in [0.1, 0.15) is 6.42 Å². The number of alkyl carbamates (subject to hydrolysis) is 1. The van der Waals surface area contributed by atoms with Crippen LogP contribution in [0.3, 0.4) is 0 Å². The van der Waals surface area contributed by atoms with Crippen LogP contribution >= 0.6 is 0 Å². The molecule has 6 nitrogen and oxygen atoms in total. The molecule has 0 aliphatic heterocycles. The monoisotopic (exact) mass is 261 g/mol. The summed E-state index contributed by atoms with van der Waals surface area (Å²) in [6.07, 6.45) is 5.09. The van der Waals surface area contributed by atoms with Crippen LogP contribution in [0.4, 0.5) is 4.79 Å². The van der Waals surface area contributed by atoms with Crippen molar-refractivity contribution in [3.63, 3.8) is 0 Å². The molecule has 7 heteroatoms. The molecule has 17 heavy (non-hydrogen) atoms. The Balaban J connectivity index is 3.76. The highest BCUT2D eigenvalue weighted by atomic mass is 28.4. The van der Waals surface area contributed by atoms with Crippen LogP contribution in [-0.4, -0.2) is 49.4 Å². The van der Waals surface area contributed by atoms with E-state index in [2.05, 4.69) is 16.0 Å². The maximum absolute atomic E-state index is 11.0. The fraction of sp³-hybridized carbons (Fsp3) is 0.700. The standard InChI is InChI=1S/C10H19NO5Si/c1-5-8-16-10(12)11-7-6-9-17(13-2,14-3)15-4/h1H,6-9H2,2-4H3,(H,11,12). The van der Waals surface area contributed by atoms with Gasteiger partial charge in [-0.15, -0.1) is 6.42 Å². The van der Waals surface area contributed by atoms with Crippen molar-refractivity contribution >= 4 is 14.9 Å². The van der Waals surface area contributed by atoms with Crippen LogP contribution in [0.15, 0.2) is 0 Å². The lowest BCUT2D eigenvalue weighted by Gasteiger charge is -2.24. The summed E-state index contributed by atoms with van der Waals surface area (Å²) in [6, 6.07) is 0.617. The van der Waals surface area contributed by atoms with E-state index in [4.69, 9.17) is 19.7 Å². The second-order valence-electron chi connectivity index (χ2n) is 3.11. The van der Waals surface area contributed by atoms with Crippen molar-refractivity contribution in [1.82, 2.24) is 5.32 Å². The molecule has 0 aliphatic carbocycles. The van der Waals surface area contributed by atoms with Crippen LogP contribution in [0.5, 0.6) is 0 Å². The van der Waals surface area contributed by atoms with Crippen molar-refractivity contribution in [3.05, 3.63) is 0 Å². The number of carbonyl (C=O) groups excluding carboxylic acids is 1. The predicted molar refractivity (Wildman–Crippen MR) is 64.4 cm³/mol. The van der Waals surface area contributed by atoms with Gasteiger partial charge in [-0.05, 0) is 6.42 Å². The van der Waals surface area contributed by atoms with Gasteiger partial charge in [-0.2, -0.15) is 0 Å². The zero-order valence-electron chi connectivity index (χ0n) is 10.4. The highest BCUT2D eigenvalue weighted by molar-refractivity contribution is 6.60. The van der Waals surface area contributed by atoms with Gasteiger partial charge in [-0.3, -0.25) is 0 Å². The lowest BCUT2D eigenvalue weighted by Crippen LogP contribution is -2.43. The average Bonchev–Trinajstić information content (AvgIpc) is 2.37. The number of hydrogen-bond donors (Lipinski definition) is 1. The van der Waals surface area contributed by atoms with E-state index in [0.29, 0.717) is 19.0 Å². The Hall–Kier alpha value is -1.07. The molecule has 0 saturated carbocycles. The number of amides is 1. The van der Waals surface area contributed by atoms with E-state index in [0.717, 1.165) is 0 Å². The van der Waals surface area contributed by atoms with Gasteiger partial charge in [0.15, 0.2) is 6.61 Å². The highest BCUT2D eigenvalue weighted by Crippen LogP contribution is 2.14. The lowest BCUT2D eigenvalue weighted by atomic mass is 10.5. The molecule has 98 valence electrons. The van der Waals surface area contributed by atoms with E-state index in [1.165, 1.54) is 0 Å². The molecule has 0 aromatic heterocycles. The molecule has 0 radical (unpaired) electrons. The lowest BCUT2D eigenvalue weighted by molar-refractivity contribution is 0.122. The van der Waals surface area contributed by atoms with Gasteiger partial charge >= 0.3 is 14.9 Å². The van der Waals surface area contributed by atoms with Gasteiger partial charge in [0, 0.05) is 33.9 Å². The summed E-state index contributed by atoms with van der Waals surface area (Å²) in [5.41, 5.74) is 0. The Morgan fingerprint density at radius 1 is 1.29 bits per heavy atom. The van der Waals surface area contributed by atoms with Crippen molar-refractivity contribution in [3.8, 4) is 12.3 Å². The van der Waals surface area contributed by atoms with Crippen LogP contribution in [0, 0.1) is 12.3 Å². The van der Waals surface area contributed by atoms with E-state index in [1.54, 1.807) is 21.3 Å². The van der Waals surface area contributed by atoms with Crippen LogP contribution in [-0.2, 0) is 18.0 Å². The SMILES string of the molecule is C#CCOC(=O)NCCC[Si](OC)(OC)OC. The maximum atomic E-state index is 11.0. The molecule has 0 spiro atoms. The van der Waals surface area contributed by atoms with Crippen molar-refractivity contribution in [2.24, 2.45) is 0 Å². The second kappa shape index (κ2) is 9.01. The third kappa shape index (κ3) is 6.28. The van der Waals surface area contributed by atoms with Crippen LogP contribution in [0.2, 0.25) is 6.04 Å². The summed E-state index contributed by atoms with van der Waals surface area (Å²) < 4.78 is 20.3. The molecule has 1 N–H and O–H groups in total. The minimum absolute atomic E-state index is 0.0290. The summed E-state index contributed by atoms with van der Waals surface area (Å²) in [4.78, 5) is 11.0. The zero-order valence-corrected chi connectivity index (χ0v) is 11.4. The summed E-state index contributed by atoms with van der Waals surface area (Å²) in [6.45, 7) is 0.424. The third-order valence-electron chi connectivity index (χ3n) is 2.15. The van der Waals surface area contributed by atoms with E-state index < -0.39 is 14.9 Å². The first kappa shape index (κ1) is 15.9. The minimum Gasteiger partial charge on any atom is -0.436 e. The molecule has 0 aromatic carbocycles. The Morgan fingerprint density at radius 2 is 1.88 bits per heavy atom. The number of rotatable bonds is 8. The molecule has 0 atom stereocenters. The summed E-state index contributed by atoms with van der Waals surface area (Å²) in [5.74, 6) is 2.20. The molecule has 0 fully saturated rings. The van der Waals surface area contributed by atoms with Crippen LogP contribution in [0.25, 0.3) is 0 Å². The normalized spacial score (nSPS) is 10.7. The quantitative estimate of drug-likeness (QED) is 0.394. The molecule has 0 unspecified atom stereocenters. The van der Waals surface area contributed by atoms with Gasteiger partial charge in [0.05, 0.1) is 0 Å². The first-order chi connectivity index (χ1) is 8.14. The van der Waals surface area contributed by atoms with Gasteiger partial charge in [-0.1, -0.05) is 5.92 Å². The van der Waals surface area contributed by atoms with E-state index in [1.807, 2.05) is 0 Å². The Labute approximate surface area is 103 Å². The Bertz CT molecular complexity index is 254. The topological polar surface area (TPSA) is 66.0 Å². The molecule has 0 saturated heterocycles. The van der Waals surface area contributed by atoms with Gasteiger partial charge in [0.2, 0.25) is 0 Å². The zero-order chi connectivity index (χ0) is 13.1. The summed E-state index contributed by atoms with van der Waals surface area (Å²) >= 11 is 0. The molecular weight excluding hydrogens is 242 g/mol. The van der Waals surface area contributed by atoms with Crippen molar-refractivity contribution in [1.29, 1.82) is 0 Å². The summed E-state index contributed by atoms with van der Waals surface area (Å²) in [5, 5.41) is 2.56. The van der Waals surface area contributed by atoms with Gasteiger partial charge in [0.25, 0.3) is 0 Å². The first-order valence-corrected chi connectivity index (χ1v) is 7.07.